The Kier molecular flexibility index (Phi) is 1.62. The van der Waals surface area contributed by atoms with Crippen molar-refractivity contribution in [1.82, 2.24) is 0 Å². The summed E-state index contributed by atoms with van der Waals surface area (Å²) in [5.41, 5.74) is -1.94. The van der Waals surface area contributed by atoms with Crippen LogP contribution in [0.15, 0.2) is 0 Å². The maximum absolute atomic E-state index is 14.5. The van der Waals surface area contributed by atoms with Crippen molar-refractivity contribution in [3.8, 4) is 0 Å². The minimum Gasteiger partial charge on any atom is -0.366 e. The molecule has 0 radical (unpaired) electrons. The lowest BCUT2D eigenvalue weighted by molar-refractivity contribution is -0.0418. The molecule has 5 aliphatic carbocycles. The summed E-state index contributed by atoms with van der Waals surface area (Å²) in [4.78, 5) is 0. The van der Waals surface area contributed by atoms with Gasteiger partial charge in [0.05, 0.1) is 11.7 Å². The number of hydrogen-bond acceptors (Lipinski definition) is 1. The third kappa shape index (κ3) is 0.839. The molecule has 0 unspecified atom stereocenters. The van der Waals surface area contributed by atoms with Crippen LogP contribution in [-0.2, 0) is 10.3 Å². The highest BCUT2D eigenvalue weighted by atomic mass is 19.2. The van der Waals surface area contributed by atoms with Gasteiger partial charge >= 0.3 is 0 Å². The SMILES string of the molecule is Fc1c(F)c(F)c([C@]23O[C@H]4[C@H]5[C@H]6[C@@H]7C[C@H]([C@@H]6[C@H]52)[C@@H]3[C@@H]74)c(F)c1F. The lowest BCUT2D eigenvalue weighted by Crippen LogP contribution is -2.48. The molecule has 8 rings (SSSR count). The molecular formula is C17H11F5O. The summed E-state index contributed by atoms with van der Waals surface area (Å²) in [6.07, 6.45) is 1.02. The van der Waals surface area contributed by atoms with E-state index < -0.39 is 40.3 Å². The van der Waals surface area contributed by atoms with Gasteiger partial charge in [0.15, 0.2) is 23.3 Å². The minimum atomic E-state index is -2.08. The van der Waals surface area contributed by atoms with E-state index in [1.807, 2.05) is 0 Å². The zero-order valence-corrected chi connectivity index (χ0v) is 11.7. The molecule has 2 aliphatic heterocycles. The molecule has 2 heterocycles. The average Bonchev–Trinajstić information content (AvgIpc) is 3.16. The summed E-state index contributed by atoms with van der Waals surface area (Å²) in [7, 11) is 0. The van der Waals surface area contributed by atoms with E-state index >= 15 is 0 Å². The Morgan fingerprint density at radius 1 is 0.696 bits per heavy atom. The molecule has 6 heteroatoms. The van der Waals surface area contributed by atoms with Gasteiger partial charge in [0.25, 0.3) is 0 Å². The third-order valence-corrected chi connectivity index (χ3v) is 8.30. The molecular weight excluding hydrogens is 315 g/mol. The summed E-state index contributed by atoms with van der Waals surface area (Å²) < 4.78 is 76.1. The number of rotatable bonds is 1. The largest absolute Gasteiger partial charge is 0.366 e. The van der Waals surface area contributed by atoms with Gasteiger partial charge in [0.1, 0.15) is 5.60 Å². The van der Waals surface area contributed by atoms with Gasteiger partial charge in [-0.05, 0) is 41.9 Å². The van der Waals surface area contributed by atoms with Crippen LogP contribution < -0.4 is 0 Å². The van der Waals surface area contributed by atoms with Crippen molar-refractivity contribution < 1.29 is 26.7 Å². The van der Waals surface area contributed by atoms with Crippen molar-refractivity contribution in [2.75, 3.05) is 0 Å². The monoisotopic (exact) mass is 326 g/mol. The molecule has 7 aliphatic rings. The topological polar surface area (TPSA) is 9.23 Å². The minimum absolute atomic E-state index is 0.0290. The predicted molar refractivity (Wildman–Crippen MR) is 65.3 cm³/mol. The van der Waals surface area contributed by atoms with E-state index in [-0.39, 0.29) is 29.8 Å². The lowest BCUT2D eigenvalue weighted by Gasteiger charge is -2.46. The third-order valence-electron chi connectivity index (χ3n) is 8.30. The van der Waals surface area contributed by atoms with Crippen LogP contribution >= 0.6 is 0 Å². The summed E-state index contributed by atoms with van der Waals surface area (Å²) >= 11 is 0. The van der Waals surface area contributed by atoms with Crippen molar-refractivity contribution in [3.63, 3.8) is 0 Å². The molecule has 1 aromatic rings. The van der Waals surface area contributed by atoms with Crippen molar-refractivity contribution in [1.29, 1.82) is 0 Å². The van der Waals surface area contributed by atoms with Crippen LogP contribution in [-0.4, -0.2) is 6.10 Å². The van der Waals surface area contributed by atoms with E-state index in [1.165, 1.54) is 0 Å². The summed E-state index contributed by atoms with van der Waals surface area (Å²) in [6, 6.07) is 0. The molecule has 0 amide bonds. The van der Waals surface area contributed by atoms with E-state index in [9.17, 15) is 22.0 Å². The molecule has 0 aromatic heterocycles. The zero-order chi connectivity index (χ0) is 15.6. The molecule has 1 aromatic carbocycles. The van der Waals surface area contributed by atoms with E-state index in [0.717, 1.165) is 6.42 Å². The molecule has 2 saturated heterocycles. The number of hydrogen-bond donors (Lipinski definition) is 0. The molecule has 1 nitrogen and oxygen atoms in total. The smallest absolute Gasteiger partial charge is 0.200 e. The summed E-state index contributed by atoms with van der Waals surface area (Å²) in [5, 5.41) is 0. The highest BCUT2D eigenvalue weighted by Crippen LogP contribution is 2.92. The highest BCUT2D eigenvalue weighted by Gasteiger charge is 2.93. The lowest BCUT2D eigenvalue weighted by atomic mass is 9.56. The second-order valence-electron chi connectivity index (χ2n) is 8.24. The normalized spacial score (nSPS) is 58.0. The van der Waals surface area contributed by atoms with Gasteiger partial charge in [-0.1, -0.05) is 0 Å². The van der Waals surface area contributed by atoms with Gasteiger partial charge in [-0.25, -0.2) is 22.0 Å². The maximum atomic E-state index is 14.5. The summed E-state index contributed by atoms with van der Waals surface area (Å²) in [5.74, 6) is -6.89. The Balaban J connectivity index is 1.57. The van der Waals surface area contributed by atoms with E-state index in [0.29, 0.717) is 23.7 Å². The first-order chi connectivity index (χ1) is 11.0. The predicted octanol–water partition coefficient (Wildman–Crippen LogP) is 3.36. The highest BCUT2D eigenvalue weighted by molar-refractivity contribution is 5.46. The quantitative estimate of drug-likeness (QED) is 0.437. The molecule has 4 bridgehead atoms. The van der Waals surface area contributed by atoms with Crippen LogP contribution in [0.4, 0.5) is 22.0 Å². The van der Waals surface area contributed by atoms with Gasteiger partial charge in [-0.3, -0.25) is 0 Å². The first-order valence-corrected chi connectivity index (χ1v) is 8.20. The van der Waals surface area contributed by atoms with Crippen molar-refractivity contribution in [2.24, 2.45) is 47.3 Å². The maximum Gasteiger partial charge on any atom is 0.200 e. The van der Waals surface area contributed by atoms with Crippen LogP contribution in [0.3, 0.4) is 0 Å². The van der Waals surface area contributed by atoms with Crippen LogP contribution in [0.5, 0.6) is 0 Å². The Hall–Kier alpha value is -1.17. The Labute approximate surface area is 127 Å². The average molecular weight is 326 g/mol. The van der Waals surface area contributed by atoms with Crippen LogP contribution in [0.2, 0.25) is 0 Å². The van der Waals surface area contributed by atoms with Crippen molar-refractivity contribution in [3.05, 3.63) is 34.6 Å². The van der Waals surface area contributed by atoms with Gasteiger partial charge in [0.2, 0.25) is 5.82 Å². The Morgan fingerprint density at radius 3 is 2.04 bits per heavy atom. The zero-order valence-electron chi connectivity index (χ0n) is 11.7. The fraction of sp³-hybridized carbons (Fsp3) is 0.647. The van der Waals surface area contributed by atoms with Crippen LogP contribution in [0.25, 0.3) is 0 Å². The van der Waals surface area contributed by atoms with Crippen LogP contribution in [0, 0.1) is 76.4 Å². The van der Waals surface area contributed by atoms with Crippen LogP contribution in [0.1, 0.15) is 12.0 Å². The molecule has 5 saturated carbocycles. The number of benzene rings is 1. The van der Waals surface area contributed by atoms with E-state index in [4.69, 9.17) is 4.74 Å². The Morgan fingerprint density at radius 2 is 1.35 bits per heavy atom. The molecule has 10 atom stereocenters. The molecule has 23 heavy (non-hydrogen) atoms. The molecule has 0 N–H and O–H groups in total. The second kappa shape index (κ2) is 3.05. The number of ether oxygens (including phenoxy) is 1. The fourth-order valence-corrected chi connectivity index (χ4v) is 8.35. The van der Waals surface area contributed by atoms with Gasteiger partial charge in [0, 0.05) is 11.8 Å². The van der Waals surface area contributed by atoms with Gasteiger partial charge in [-0.2, -0.15) is 0 Å². The first kappa shape index (κ1) is 12.2. The van der Waals surface area contributed by atoms with Crippen molar-refractivity contribution >= 4 is 0 Å². The van der Waals surface area contributed by atoms with Gasteiger partial charge in [-0.15, -0.1) is 0 Å². The second-order valence-corrected chi connectivity index (χ2v) is 8.24. The Bertz CT molecular complexity index is 800. The van der Waals surface area contributed by atoms with E-state index in [1.54, 1.807) is 0 Å². The molecule has 120 valence electrons. The number of halogens is 5. The fourth-order valence-electron chi connectivity index (χ4n) is 8.35. The van der Waals surface area contributed by atoms with Crippen molar-refractivity contribution in [2.45, 2.75) is 18.1 Å². The summed E-state index contributed by atoms with van der Waals surface area (Å²) in [6.45, 7) is 0. The standard InChI is InChI=1S/C17H11F5O/c18-11-10(12(19)14(21)15(22)13(11)20)17-8-3-1-2-4-5(3)9(17)7(4)16(23-17)6(2)8/h2-9,16H,1H2/t2-,3+,4-,5-,6+,7-,8+,9+,16+,17+/m0/s1. The first-order valence-electron chi connectivity index (χ1n) is 8.20. The molecule has 0 spiro atoms. The van der Waals surface area contributed by atoms with Gasteiger partial charge < -0.3 is 4.74 Å². The molecule has 7 fully saturated rings. The van der Waals surface area contributed by atoms with E-state index in [2.05, 4.69) is 0 Å².